The Balaban J connectivity index is 0.000000127. The molecule has 0 heterocycles. The molecule has 0 amide bonds. The van der Waals surface area contributed by atoms with Crippen molar-refractivity contribution in [2.75, 3.05) is 0 Å². The van der Waals surface area contributed by atoms with E-state index in [1.807, 2.05) is 12.2 Å². The third kappa shape index (κ3) is 3.01. The van der Waals surface area contributed by atoms with Gasteiger partial charge >= 0.3 is 0 Å². The second-order valence-electron chi connectivity index (χ2n) is 3.34. The molecular formula is C12H13Co-. The SMILES string of the molecule is C1=CC2C=CC1C2.[C-]1=CC=CC1.[Co]. The Labute approximate surface area is 90.3 Å². The third-order valence-electron chi connectivity index (χ3n) is 2.34. The molecule has 0 unspecified atom stereocenters. The first-order valence-electron chi connectivity index (χ1n) is 4.53. The maximum Gasteiger partial charge on any atom is 0 e. The Morgan fingerprint density at radius 3 is 1.77 bits per heavy atom. The van der Waals surface area contributed by atoms with Crippen LogP contribution in [0.5, 0.6) is 0 Å². The molecule has 0 aromatic carbocycles. The smallest absolute Gasteiger partial charge is 0 e. The van der Waals surface area contributed by atoms with Gasteiger partial charge in [0.1, 0.15) is 0 Å². The van der Waals surface area contributed by atoms with Crippen LogP contribution in [0.15, 0.2) is 42.5 Å². The zero-order valence-electron chi connectivity index (χ0n) is 7.44. The molecule has 0 atom stereocenters. The maximum absolute atomic E-state index is 2.99. The molecule has 0 aromatic heterocycles. The summed E-state index contributed by atoms with van der Waals surface area (Å²) in [4.78, 5) is 0. The molecule has 0 spiro atoms. The van der Waals surface area contributed by atoms with Crippen molar-refractivity contribution < 1.29 is 16.8 Å². The van der Waals surface area contributed by atoms with Crippen molar-refractivity contribution in [1.82, 2.24) is 0 Å². The summed E-state index contributed by atoms with van der Waals surface area (Å²) in [6.07, 6.45) is 20.5. The van der Waals surface area contributed by atoms with Gasteiger partial charge in [0.15, 0.2) is 0 Å². The Kier molecular flexibility index (Phi) is 4.26. The van der Waals surface area contributed by atoms with E-state index in [9.17, 15) is 0 Å². The topological polar surface area (TPSA) is 0 Å². The first-order chi connectivity index (χ1) is 5.95. The monoisotopic (exact) mass is 216 g/mol. The normalized spacial score (nSPS) is 30.2. The van der Waals surface area contributed by atoms with Crippen LogP contribution in [0.2, 0.25) is 0 Å². The summed E-state index contributed by atoms with van der Waals surface area (Å²) in [6.45, 7) is 0. The Hall–Kier alpha value is -0.534. The first-order valence-corrected chi connectivity index (χ1v) is 4.53. The number of allylic oxidation sites excluding steroid dienone is 8. The van der Waals surface area contributed by atoms with Crippen molar-refractivity contribution in [2.45, 2.75) is 12.8 Å². The predicted molar refractivity (Wildman–Crippen MR) is 51.4 cm³/mol. The van der Waals surface area contributed by atoms with Crippen molar-refractivity contribution in [3.63, 3.8) is 0 Å². The van der Waals surface area contributed by atoms with Gasteiger partial charge in [-0.1, -0.05) is 24.3 Å². The van der Waals surface area contributed by atoms with Crippen LogP contribution < -0.4 is 0 Å². The molecule has 3 aliphatic rings. The number of rotatable bonds is 0. The summed E-state index contributed by atoms with van der Waals surface area (Å²) in [5.41, 5.74) is 0. The van der Waals surface area contributed by atoms with E-state index in [0.717, 1.165) is 18.3 Å². The van der Waals surface area contributed by atoms with Gasteiger partial charge in [-0.2, -0.15) is 6.08 Å². The molecule has 0 saturated carbocycles. The van der Waals surface area contributed by atoms with E-state index in [0.29, 0.717) is 0 Å². The van der Waals surface area contributed by atoms with Crippen molar-refractivity contribution in [1.29, 1.82) is 0 Å². The van der Waals surface area contributed by atoms with Gasteiger partial charge in [0.2, 0.25) is 0 Å². The van der Waals surface area contributed by atoms with Crippen LogP contribution >= 0.6 is 0 Å². The molecule has 13 heavy (non-hydrogen) atoms. The largest absolute Gasteiger partial charge is 0.273 e. The minimum Gasteiger partial charge on any atom is -0.273 e. The summed E-state index contributed by atoms with van der Waals surface area (Å²) in [6, 6.07) is 0. The van der Waals surface area contributed by atoms with Gasteiger partial charge in [0, 0.05) is 16.8 Å². The molecule has 71 valence electrons. The Bertz CT molecular complexity index is 220. The predicted octanol–water partition coefficient (Wildman–Crippen LogP) is 3.05. The Morgan fingerprint density at radius 1 is 1.00 bits per heavy atom. The van der Waals surface area contributed by atoms with Crippen LogP contribution in [0.1, 0.15) is 12.8 Å². The number of hydrogen-bond acceptors (Lipinski definition) is 0. The Morgan fingerprint density at radius 2 is 1.62 bits per heavy atom. The molecule has 0 N–H and O–H groups in total. The minimum atomic E-state index is 0. The second kappa shape index (κ2) is 5.25. The van der Waals surface area contributed by atoms with Gasteiger partial charge in [-0.05, 0) is 18.3 Å². The van der Waals surface area contributed by atoms with E-state index in [2.05, 4.69) is 36.5 Å². The molecule has 1 heteroatoms. The molecule has 3 rings (SSSR count). The molecule has 0 saturated heterocycles. The molecule has 0 aliphatic heterocycles. The fourth-order valence-corrected chi connectivity index (χ4v) is 1.67. The average molecular weight is 216 g/mol. The first kappa shape index (κ1) is 10.5. The maximum atomic E-state index is 2.99. The van der Waals surface area contributed by atoms with Gasteiger partial charge in [-0.15, -0.1) is 6.42 Å². The van der Waals surface area contributed by atoms with Crippen molar-refractivity contribution in [3.05, 3.63) is 48.6 Å². The molecule has 3 aliphatic carbocycles. The standard InChI is InChI=1S/C7H8.C5H5.Co/c1-2-7-4-3-6(1)5-7;1-2-4-5-3-1;/h1-4,6-7H,5H2;1-3H,4H2;/q;-1;. The summed E-state index contributed by atoms with van der Waals surface area (Å²) in [5, 5.41) is 0. The van der Waals surface area contributed by atoms with Crippen LogP contribution in [0.4, 0.5) is 0 Å². The van der Waals surface area contributed by atoms with Gasteiger partial charge < -0.3 is 0 Å². The minimum absolute atomic E-state index is 0. The van der Waals surface area contributed by atoms with E-state index in [4.69, 9.17) is 0 Å². The molecule has 1 radical (unpaired) electrons. The fourth-order valence-electron chi connectivity index (χ4n) is 1.67. The van der Waals surface area contributed by atoms with Gasteiger partial charge in [-0.3, -0.25) is 6.08 Å². The number of hydrogen-bond donors (Lipinski definition) is 0. The zero-order chi connectivity index (χ0) is 8.23. The van der Waals surface area contributed by atoms with Gasteiger partial charge in [0.05, 0.1) is 0 Å². The van der Waals surface area contributed by atoms with Gasteiger partial charge in [-0.25, -0.2) is 12.2 Å². The fraction of sp³-hybridized carbons (Fsp3) is 0.333. The molecule has 0 aromatic rings. The average Bonchev–Trinajstić information content (AvgIpc) is 2.86. The summed E-state index contributed by atoms with van der Waals surface area (Å²) in [7, 11) is 0. The van der Waals surface area contributed by atoms with Crippen LogP contribution in [0.25, 0.3) is 0 Å². The van der Waals surface area contributed by atoms with Crippen molar-refractivity contribution in [2.24, 2.45) is 11.8 Å². The molecular weight excluding hydrogens is 203 g/mol. The van der Waals surface area contributed by atoms with E-state index in [-0.39, 0.29) is 16.8 Å². The summed E-state index contributed by atoms with van der Waals surface area (Å²) in [5.74, 6) is 1.62. The van der Waals surface area contributed by atoms with Crippen molar-refractivity contribution in [3.8, 4) is 0 Å². The van der Waals surface area contributed by atoms with Crippen LogP contribution in [0, 0.1) is 17.9 Å². The van der Waals surface area contributed by atoms with E-state index in [1.165, 1.54) is 6.42 Å². The second-order valence-corrected chi connectivity index (χ2v) is 3.34. The zero-order valence-corrected chi connectivity index (χ0v) is 8.48. The summed E-state index contributed by atoms with van der Waals surface area (Å²) < 4.78 is 0. The number of fused-ring (bicyclic) bond motifs is 2. The third-order valence-corrected chi connectivity index (χ3v) is 2.34. The van der Waals surface area contributed by atoms with Gasteiger partial charge in [0.25, 0.3) is 0 Å². The quantitative estimate of drug-likeness (QED) is 0.431. The van der Waals surface area contributed by atoms with E-state index in [1.54, 1.807) is 0 Å². The van der Waals surface area contributed by atoms with Crippen molar-refractivity contribution >= 4 is 0 Å². The van der Waals surface area contributed by atoms with Crippen LogP contribution in [0.3, 0.4) is 0 Å². The molecule has 2 bridgehead atoms. The molecule has 0 fully saturated rings. The molecule has 0 nitrogen and oxygen atoms in total. The van der Waals surface area contributed by atoms with E-state index >= 15 is 0 Å². The van der Waals surface area contributed by atoms with Crippen LogP contribution in [-0.2, 0) is 16.8 Å². The van der Waals surface area contributed by atoms with Crippen LogP contribution in [-0.4, -0.2) is 0 Å². The summed E-state index contributed by atoms with van der Waals surface area (Å²) >= 11 is 0. The van der Waals surface area contributed by atoms with E-state index < -0.39 is 0 Å².